The number of nitrogens with zero attached hydrogens (tertiary/aromatic N) is 3. The lowest BCUT2D eigenvalue weighted by Crippen LogP contribution is -2.32. The number of aromatic nitrogens is 2. The minimum absolute atomic E-state index is 0.0642. The van der Waals surface area contributed by atoms with Crippen molar-refractivity contribution >= 4 is 33.2 Å². The third kappa shape index (κ3) is 6.21. The van der Waals surface area contributed by atoms with Crippen LogP contribution in [0.15, 0.2) is 53.1 Å². The fourth-order valence-electron chi connectivity index (χ4n) is 3.02. The average molecular weight is 479 g/mol. The van der Waals surface area contributed by atoms with Crippen LogP contribution in [-0.2, 0) is 21.4 Å². The predicted molar refractivity (Wildman–Crippen MR) is 121 cm³/mol. The van der Waals surface area contributed by atoms with Gasteiger partial charge in [0.15, 0.2) is 0 Å². The molecule has 0 radical (unpaired) electrons. The monoisotopic (exact) mass is 478 g/mol. The van der Waals surface area contributed by atoms with Gasteiger partial charge in [-0.2, -0.15) is 4.98 Å². The van der Waals surface area contributed by atoms with Crippen molar-refractivity contribution in [2.45, 2.75) is 19.4 Å². The second kappa shape index (κ2) is 10.5. The molecule has 1 N–H and O–H groups in total. The third-order valence-corrected chi connectivity index (χ3v) is 5.92. The SMILES string of the molecule is COc1ccccc1N(CCCC(=O)NCc1nc(-c2cccc(Cl)c2)no1)S(C)(=O)=O. The van der Waals surface area contributed by atoms with Crippen molar-refractivity contribution in [3.05, 3.63) is 59.4 Å². The van der Waals surface area contributed by atoms with Gasteiger partial charge in [-0.1, -0.05) is 41.0 Å². The molecular weight excluding hydrogens is 456 g/mol. The lowest BCUT2D eigenvalue weighted by Gasteiger charge is -2.24. The van der Waals surface area contributed by atoms with Gasteiger partial charge in [-0.05, 0) is 30.7 Å². The Morgan fingerprint density at radius 1 is 1.22 bits per heavy atom. The lowest BCUT2D eigenvalue weighted by molar-refractivity contribution is -0.121. The largest absolute Gasteiger partial charge is 0.495 e. The molecule has 1 heterocycles. The number of carbonyl (C=O) groups excluding carboxylic acids is 1. The smallest absolute Gasteiger partial charge is 0.246 e. The number of para-hydroxylation sites is 2. The number of rotatable bonds is 10. The van der Waals surface area contributed by atoms with Crippen LogP contribution in [0.2, 0.25) is 5.02 Å². The van der Waals surface area contributed by atoms with Gasteiger partial charge in [-0.15, -0.1) is 0 Å². The highest BCUT2D eigenvalue weighted by Gasteiger charge is 2.21. The van der Waals surface area contributed by atoms with Crippen molar-refractivity contribution in [2.75, 3.05) is 24.2 Å². The van der Waals surface area contributed by atoms with E-state index in [9.17, 15) is 13.2 Å². The molecule has 3 rings (SSSR count). The zero-order valence-corrected chi connectivity index (χ0v) is 19.2. The summed E-state index contributed by atoms with van der Waals surface area (Å²) in [5.74, 6) is 0.799. The van der Waals surface area contributed by atoms with E-state index in [0.29, 0.717) is 34.3 Å². The van der Waals surface area contributed by atoms with Crippen molar-refractivity contribution in [3.8, 4) is 17.1 Å². The molecule has 32 heavy (non-hydrogen) atoms. The van der Waals surface area contributed by atoms with Gasteiger partial charge in [-0.25, -0.2) is 8.42 Å². The molecule has 0 saturated carbocycles. The summed E-state index contributed by atoms with van der Waals surface area (Å²) in [4.78, 5) is 16.5. The number of ether oxygens (including phenoxy) is 1. The molecule has 0 aliphatic heterocycles. The van der Waals surface area contributed by atoms with E-state index < -0.39 is 10.0 Å². The van der Waals surface area contributed by atoms with Gasteiger partial charge in [0.1, 0.15) is 5.75 Å². The fourth-order valence-corrected chi connectivity index (χ4v) is 4.18. The molecule has 1 amide bonds. The van der Waals surface area contributed by atoms with Crippen molar-refractivity contribution in [3.63, 3.8) is 0 Å². The van der Waals surface area contributed by atoms with Crippen LogP contribution in [0.25, 0.3) is 11.4 Å². The quantitative estimate of drug-likeness (QED) is 0.475. The summed E-state index contributed by atoms with van der Waals surface area (Å²) in [6, 6.07) is 13.9. The average Bonchev–Trinajstić information content (AvgIpc) is 3.24. The van der Waals surface area contributed by atoms with Crippen LogP contribution in [-0.4, -0.2) is 44.4 Å². The Kier molecular flexibility index (Phi) is 7.70. The van der Waals surface area contributed by atoms with Crippen LogP contribution in [0.4, 0.5) is 5.69 Å². The van der Waals surface area contributed by atoms with Crippen LogP contribution in [0.3, 0.4) is 0 Å². The van der Waals surface area contributed by atoms with E-state index in [0.717, 1.165) is 6.26 Å². The van der Waals surface area contributed by atoms with Crippen molar-refractivity contribution in [1.82, 2.24) is 15.5 Å². The zero-order valence-electron chi connectivity index (χ0n) is 17.6. The van der Waals surface area contributed by atoms with Crippen molar-refractivity contribution < 1.29 is 22.5 Å². The number of halogens is 1. The number of sulfonamides is 1. The van der Waals surface area contributed by atoms with E-state index >= 15 is 0 Å². The lowest BCUT2D eigenvalue weighted by atomic mass is 10.2. The van der Waals surface area contributed by atoms with E-state index in [1.165, 1.54) is 11.4 Å². The maximum atomic E-state index is 12.3. The minimum Gasteiger partial charge on any atom is -0.495 e. The Labute approximate surface area is 191 Å². The predicted octanol–water partition coefficient (Wildman–Crippen LogP) is 3.26. The Morgan fingerprint density at radius 3 is 2.72 bits per heavy atom. The molecule has 3 aromatic rings. The number of hydrogen-bond acceptors (Lipinski definition) is 7. The maximum Gasteiger partial charge on any atom is 0.246 e. The van der Waals surface area contributed by atoms with E-state index in [1.54, 1.807) is 48.5 Å². The molecule has 2 aromatic carbocycles. The first kappa shape index (κ1) is 23.6. The number of benzene rings is 2. The molecule has 0 unspecified atom stereocenters. The Bertz CT molecular complexity index is 1180. The third-order valence-electron chi connectivity index (χ3n) is 4.51. The first-order valence-corrected chi connectivity index (χ1v) is 12.0. The number of nitrogens with one attached hydrogen (secondary N) is 1. The summed E-state index contributed by atoms with van der Waals surface area (Å²) in [6.45, 7) is 0.195. The number of anilines is 1. The van der Waals surface area contributed by atoms with Gasteiger partial charge in [0, 0.05) is 23.6 Å². The van der Waals surface area contributed by atoms with E-state index in [1.807, 2.05) is 0 Å². The summed E-state index contributed by atoms with van der Waals surface area (Å²) < 4.78 is 36.2. The number of amides is 1. The van der Waals surface area contributed by atoms with Crippen LogP contribution < -0.4 is 14.4 Å². The molecule has 170 valence electrons. The second-order valence-corrected chi connectivity index (χ2v) is 9.25. The highest BCUT2D eigenvalue weighted by molar-refractivity contribution is 7.92. The summed E-state index contributed by atoms with van der Waals surface area (Å²) in [5, 5.41) is 7.14. The van der Waals surface area contributed by atoms with Crippen LogP contribution >= 0.6 is 11.6 Å². The molecule has 0 aliphatic rings. The highest BCUT2D eigenvalue weighted by atomic mass is 35.5. The van der Waals surface area contributed by atoms with Gasteiger partial charge in [0.2, 0.25) is 27.6 Å². The highest BCUT2D eigenvalue weighted by Crippen LogP contribution is 2.29. The van der Waals surface area contributed by atoms with E-state index in [2.05, 4.69) is 15.5 Å². The topological polar surface area (TPSA) is 115 Å². The Balaban J connectivity index is 1.53. The standard InChI is InChI=1S/C21H23ClN4O5S/c1-30-18-10-4-3-9-17(18)26(32(2,28)29)12-6-11-19(27)23-14-20-24-21(25-31-20)15-7-5-8-16(22)13-15/h3-5,7-10,13H,6,11-12,14H2,1-2H3,(H,23,27). The fraction of sp³-hybridized carbons (Fsp3) is 0.286. The molecule has 0 spiro atoms. The van der Waals surface area contributed by atoms with Gasteiger partial charge in [0.05, 0.1) is 25.6 Å². The van der Waals surface area contributed by atoms with Crippen LogP contribution in [0.5, 0.6) is 5.75 Å². The van der Waals surface area contributed by atoms with Crippen LogP contribution in [0, 0.1) is 0 Å². The maximum absolute atomic E-state index is 12.3. The molecule has 0 atom stereocenters. The van der Waals surface area contributed by atoms with E-state index in [-0.39, 0.29) is 31.3 Å². The molecular formula is C21H23ClN4O5S. The normalized spacial score (nSPS) is 11.2. The summed E-state index contributed by atoms with van der Waals surface area (Å²) in [5.41, 5.74) is 1.13. The molecule has 0 saturated heterocycles. The van der Waals surface area contributed by atoms with Crippen molar-refractivity contribution in [1.29, 1.82) is 0 Å². The molecule has 0 aliphatic carbocycles. The number of hydrogen-bond donors (Lipinski definition) is 1. The van der Waals surface area contributed by atoms with Gasteiger partial charge in [-0.3, -0.25) is 9.10 Å². The van der Waals surface area contributed by atoms with Crippen LogP contribution in [0.1, 0.15) is 18.7 Å². The molecule has 0 fully saturated rings. The Morgan fingerprint density at radius 2 is 2.00 bits per heavy atom. The van der Waals surface area contributed by atoms with Crippen molar-refractivity contribution in [2.24, 2.45) is 0 Å². The summed E-state index contributed by atoms with van der Waals surface area (Å²) in [6.07, 6.45) is 1.55. The van der Waals surface area contributed by atoms with Gasteiger partial charge >= 0.3 is 0 Å². The Hall–Kier alpha value is -3.11. The minimum atomic E-state index is -3.55. The van der Waals surface area contributed by atoms with E-state index in [4.69, 9.17) is 20.9 Å². The molecule has 1 aromatic heterocycles. The molecule has 0 bridgehead atoms. The summed E-state index contributed by atoms with van der Waals surface area (Å²) >= 11 is 5.97. The summed E-state index contributed by atoms with van der Waals surface area (Å²) in [7, 11) is -2.08. The number of carbonyl (C=O) groups is 1. The first-order valence-electron chi connectivity index (χ1n) is 9.74. The zero-order chi connectivity index (χ0) is 23.1. The second-order valence-electron chi connectivity index (χ2n) is 6.91. The first-order chi connectivity index (χ1) is 15.3. The van der Waals surface area contributed by atoms with Gasteiger partial charge in [0.25, 0.3) is 0 Å². The molecule has 11 heteroatoms. The number of methoxy groups -OCH3 is 1. The molecule has 9 nitrogen and oxygen atoms in total. The van der Waals surface area contributed by atoms with Gasteiger partial charge < -0.3 is 14.6 Å².